The average Bonchev–Trinajstić information content (AvgIpc) is 2.44. The number of carbonyl (C=O) groups excluding carboxylic acids is 1. The van der Waals surface area contributed by atoms with Crippen LogP contribution in [0.3, 0.4) is 0 Å². The third-order valence-corrected chi connectivity index (χ3v) is 3.47. The lowest BCUT2D eigenvalue weighted by Gasteiger charge is -2.22. The molecule has 0 aromatic carbocycles. The van der Waals surface area contributed by atoms with E-state index in [1.165, 1.54) is 0 Å². The molecule has 0 saturated carbocycles. The van der Waals surface area contributed by atoms with Gasteiger partial charge in [0, 0.05) is 19.4 Å². The Kier molecular flexibility index (Phi) is 8.22. The molecule has 0 aromatic heterocycles. The number of hydrogen-bond donors (Lipinski definition) is 3. The van der Waals surface area contributed by atoms with Gasteiger partial charge in [-0.1, -0.05) is 6.92 Å². The van der Waals surface area contributed by atoms with Gasteiger partial charge in [0.05, 0.1) is 12.7 Å². The maximum absolute atomic E-state index is 11.6. The number of amides is 1. The highest BCUT2D eigenvalue weighted by Gasteiger charge is 2.14. The first-order valence-electron chi connectivity index (χ1n) is 7.38. The lowest BCUT2D eigenvalue weighted by atomic mass is 10.1. The highest BCUT2D eigenvalue weighted by atomic mass is 16.5. The van der Waals surface area contributed by atoms with Crippen LogP contribution in [0.1, 0.15) is 39.0 Å². The largest absolute Gasteiger partial charge is 0.481 e. The van der Waals surface area contributed by atoms with Crippen LogP contribution in [0.4, 0.5) is 0 Å². The Hall–Kier alpha value is -1.14. The molecule has 1 atom stereocenters. The SMILES string of the molecule is CC(CCC(=O)O)CNC(=O)CCOC1CCNCC1. The zero-order chi connectivity index (χ0) is 14.8. The van der Waals surface area contributed by atoms with Crippen LogP contribution in [0, 0.1) is 5.92 Å². The summed E-state index contributed by atoms with van der Waals surface area (Å²) < 4.78 is 5.66. The zero-order valence-corrected chi connectivity index (χ0v) is 12.2. The summed E-state index contributed by atoms with van der Waals surface area (Å²) in [6.07, 6.45) is 3.40. The van der Waals surface area contributed by atoms with E-state index < -0.39 is 5.97 Å². The molecule has 1 aliphatic rings. The topological polar surface area (TPSA) is 87.7 Å². The molecule has 1 aliphatic heterocycles. The fraction of sp³-hybridized carbons (Fsp3) is 0.857. The summed E-state index contributed by atoms with van der Waals surface area (Å²) >= 11 is 0. The van der Waals surface area contributed by atoms with Crippen LogP contribution in [0.25, 0.3) is 0 Å². The van der Waals surface area contributed by atoms with E-state index in [2.05, 4.69) is 10.6 Å². The van der Waals surface area contributed by atoms with Gasteiger partial charge < -0.3 is 20.5 Å². The van der Waals surface area contributed by atoms with Crippen LogP contribution in [0.2, 0.25) is 0 Å². The quantitative estimate of drug-likeness (QED) is 0.582. The standard InChI is InChI=1S/C14H26N2O4/c1-11(2-3-14(18)19)10-16-13(17)6-9-20-12-4-7-15-8-5-12/h11-12,15H,2-10H2,1H3,(H,16,17)(H,18,19). The second kappa shape index (κ2) is 9.72. The number of aliphatic carboxylic acids is 1. The Morgan fingerprint density at radius 1 is 1.35 bits per heavy atom. The molecule has 20 heavy (non-hydrogen) atoms. The van der Waals surface area contributed by atoms with E-state index in [0.717, 1.165) is 25.9 Å². The molecule has 0 aliphatic carbocycles. The molecule has 1 fully saturated rings. The van der Waals surface area contributed by atoms with Gasteiger partial charge >= 0.3 is 5.97 Å². The fourth-order valence-electron chi connectivity index (χ4n) is 2.13. The van der Waals surface area contributed by atoms with E-state index >= 15 is 0 Å². The van der Waals surface area contributed by atoms with Gasteiger partial charge in [-0.15, -0.1) is 0 Å². The molecule has 0 bridgehead atoms. The van der Waals surface area contributed by atoms with Crippen LogP contribution in [-0.2, 0) is 14.3 Å². The summed E-state index contributed by atoms with van der Waals surface area (Å²) in [6, 6.07) is 0. The van der Waals surface area contributed by atoms with Gasteiger partial charge in [0.1, 0.15) is 0 Å². The number of rotatable bonds is 9. The van der Waals surface area contributed by atoms with Gasteiger partial charge in [-0.25, -0.2) is 0 Å². The van der Waals surface area contributed by atoms with Crippen molar-refractivity contribution in [3.8, 4) is 0 Å². The van der Waals surface area contributed by atoms with Gasteiger partial charge in [0.2, 0.25) is 5.91 Å². The number of hydrogen-bond acceptors (Lipinski definition) is 4. The van der Waals surface area contributed by atoms with Crippen molar-refractivity contribution in [1.82, 2.24) is 10.6 Å². The van der Waals surface area contributed by atoms with E-state index in [9.17, 15) is 9.59 Å². The highest BCUT2D eigenvalue weighted by Crippen LogP contribution is 2.07. The fourth-order valence-corrected chi connectivity index (χ4v) is 2.13. The third-order valence-electron chi connectivity index (χ3n) is 3.47. The molecule has 1 unspecified atom stereocenters. The van der Waals surface area contributed by atoms with Crippen LogP contribution in [0.5, 0.6) is 0 Å². The van der Waals surface area contributed by atoms with Gasteiger partial charge in [-0.3, -0.25) is 9.59 Å². The summed E-state index contributed by atoms with van der Waals surface area (Å²) in [6.45, 7) is 4.89. The van der Waals surface area contributed by atoms with Crippen molar-refractivity contribution >= 4 is 11.9 Å². The normalized spacial score (nSPS) is 17.6. The van der Waals surface area contributed by atoms with Crippen LogP contribution in [-0.4, -0.2) is 49.3 Å². The van der Waals surface area contributed by atoms with Crippen molar-refractivity contribution in [3.63, 3.8) is 0 Å². The van der Waals surface area contributed by atoms with Gasteiger partial charge in [-0.05, 0) is 38.3 Å². The Labute approximate surface area is 120 Å². The highest BCUT2D eigenvalue weighted by molar-refractivity contribution is 5.75. The molecule has 1 saturated heterocycles. The van der Waals surface area contributed by atoms with Crippen LogP contribution < -0.4 is 10.6 Å². The summed E-state index contributed by atoms with van der Waals surface area (Å²) in [7, 11) is 0. The molecule has 0 aromatic rings. The molecule has 1 rings (SSSR count). The third kappa shape index (κ3) is 8.12. The van der Waals surface area contributed by atoms with Gasteiger partial charge in [-0.2, -0.15) is 0 Å². The Morgan fingerprint density at radius 2 is 2.05 bits per heavy atom. The van der Waals surface area contributed by atoms with Crippen molar-refractivity contribution in [2.24, 2.45) is 5.92 Å². The smallest absolute Gasteiger partial charge is 0.303 e. The van der Waals surface area contributed by atoms with Crippen LogP contribution in [0.15, 0.2) is 0 Å². The van der Waals surface area contributed by atoms with E-state index in [-0.39, 0.29) is 24.3 Å². The number of carboxylic acid groups (broad SMARTS) is 1. The van der Waals surface area contributed by atoms with Gasteiger partial charge in [0.15, 0.2) is 0 Å². The molecule has 1 heterocycles. The average molecular weight is 286 g/mol. The lowest BCUT2D eigenvalue weighted by Crippen LogP contribution is -2.34. The number of carboxylic acids is 1. The summed E-state index contributed by atoms with van der Waals surface area (Å²) in [5.74, 6) is -0.639. The number of ether oxygens (including phenoxy) is 1. The molecular formula is C14H26N2O4. The van der Waals surface area contributed by atoms with E-state index in [1.54, 1.807) is 0 Å². The first-order chi connectivity index (χ1) is 9.58. The van der Waals surface area contributed by atoms with E-state index in [4.69, 9.17) is 9.84 Å². The first-order valence-corrected chi connectivity index (χ1v) is 7.38. The molecule has 1 amide bonds. The van der Waals surface area contributed by atoms with Crippen molar-refractivity contribution in [1.29, 1.82) is 0 Å². The molecule has 6 heteroatoms. The Bertz CT molecular complexity index is 304. The van der Waals surface area contributed by atoms with Crippen molar-refractivity contribution < 1.29 is 19.4 Å². The molecule has 0 spiro atoms. The molecule has 6 nitrogen and oxygen atoms in total. The molecule has 116 valence electrons. The van der Waals surface area contributed by atoms with Gasteiger partial charge in [0.25, 0.3) is 0 Å². The second-order valence-electron chi connectivity index (χ2n) is 5.41. The number of nitrogens with one attached hydrogen (secondary N) is 2. The maximum atomic E-state index is 11.6. The Morgan fingerprint density at radius 3 is 2.70 bits per heavy atom. The molecule has 3 N–H and O–H groups in total. The number of piperidine rings is 1. The van der Waals surface area contributed by atoms with Crippen molar-refractivity contribution in [3.05, 3.63) is 0 Å². The first kappa shape index (κ1) is 16.9. The van der Waals surface area contributed by atoms with Crippen molar-refractivity contribution in [2.75, 3.05) is 26.2 Å². The Balaban J connectivity index is 2.00. The molecule has 0 radical (unpaired) electrons. The maximum Gasteiger partial charge on any atom is 0.303 e. The summed E-state index contributed by atoms with van der Waals surface area (Å²) in [4.78, 5) is 22.0. The minimum absolute atomic E-state index is 0.0268. The zero-order valence-electron chi connectivity index (χ0n) is 12.2. The monoisotopic (exact) mass is 286 g/mol. The molecular weight excluding hydrogens is 260 g/mol. The predicted octanol–water partition coefficient (Wildman–Crippen LogP) is 0.762. The van der Waals surface area contributed by atoms with Crippen molar-refractivity contribution in [2.45, 2.75) is 45.1 Å². The predicted molar refractivity (Wildman–Crippen MR) is 75.5 cm³/mol. The van der Waals surface area contributed by atoms with Crippen LogP contribution >= 0.6 is 0 Å². The minimum atomic E-state index is -0.793. The second-order valence-corrected chi connectivity index (χ2v) is 5.41. The lowest BCUT2D eigenvalue weighted by molar-refractivity contribution is -0.137. The van der Waals surface area contributed by atoms with E-state index in [1.807, 2.05) is 6.92 Å². The number of carbonyl (C=O) groups is 2. The summed E-state index contributed by atoms with van der Waals surface area (Å²) in [5.41, 5.74) is 0. The van der Waals surface area contributed by atoms with E-state index in [0.29, 0.717) is 26.0 Å². The minimum Gasteiger partial charge on any atom is -0.481 e. The summed E-state index contributed by atoms with van der Waals surface area (Å²) in [5, 5.41) is 14.7.